The molecule has 1 N–H and O–H groups in total. The van der Waals surface area contributed by atoms with E-state index in [2.05, 4.69) is 0 Å². The van der Waals surface area contributed by atoms with Crippen LogP contribution in [0.4, 0.5) is 8.78 Å². The van der Waals surface area contributed by atoms with E-state index in [9.17, 15) is 13.9 Å². The molecule has 3 aromatic carbocycles. The molecule has 0 fully saturated rings. The van der Waals surface area contributed by atoms with Gasteiger partial charge in [-0.15, -0.1) is 0 Å². The quantitative estimate of drug-likeness (QED) is 0.734. The first-order valence-corrected chi connectivity index (χ1v) is 8.08. The summed E-state index contributed by atoms with van der Waals surface area (Å²) in [6.07, 6.45) is 0. The molecule has 0 saturated heterocycles. The second-order valence-electron chi connectivity index (χ2n) is 4.80. The number of hydrogen-bond donors (Lipinski definition) is 1. The second-order valence-corrected chi connectivity index (χ2v) is 7.02. The van der Waals surface area contributed by atoms with Crippen molar-refractivity contribution >= 4 is 23.8 Å². The molecule has 0 unspecified atom stereocenters. The molecule has 0 aliphatic carbocycles. The van der Waals surface area contributed by atoms with Gasteiger partial charge < -0.3 is 5.11 Å². The first kappa shape index (κ1) is 14.7. The van der Waals surface area contributed by atoms with Crippen LogP contribution in [0.15, 0.2) is 72.8 Å². The molecule has 22 heavy (non-hydrogen) atoms. The molecule has 0 aromatic heterocycles. The minimum atomic E-state index is -0.928. The minimum Gasteiger partial charge on any atom is -0.508 e. The van der Waals surface area contributed by atoms with Crippen molar-refractivity contribution in [3.63, 3.8) is 0 Å². The maximum atomic E-state index is 13.2. The normalized spacial score (nSPS) is 10.9. The topological polar surface area (TPSA) is 20.2 Å². The van der Waals surface area contributed by atoms with E-state index in [1.165, 1.54) is 24.3 Å². The lowest BCUT2D eigenvalue weighted by atomic mass is 10.3. The largest absolute Gasteiger partial charge is 0.508 e. The third kappa shape index (κ3) is 3.15. The highest BCUT2D eigenvalue weighted by Crippen LogP contribution is 2.33. The zero-order valence-electron chi connectivity index (χ0n) is 11.6. The summed E-state index contributed by atoms with van der Waals surface area (Å²) in [7, 11) is -0.928. The number of phenols is 1. The van der Waals surface area contributed by atoms with E-state index in [0.717, 1.165) is 15.9 Å². The van der Waals surface area contributed by atoms with E-state index in [1.807, 2.05) is 12.1 Å². The highest BCUT2D eigenvalue weighted by Gasteiger charge is 2.16. The predicted molar refractivity (Wildman–Crippen MR) is 86.7 cm³/mol. The van der Waals surface area contributed by atoms with Gasteiger partial charge >= 0.3 is 0 Å². The number of aromatic hydroxyl groups is 1. The molecular formula is C18H13F2OP. The molecule has 0 spiro atoms. The van der Waals surface area contributed by atoms with Crippen LogP contribution in [-0.2, 0) is 0 Å². The summed E-state index contributed by atoms with van der Waals surface area (Å²) in [6.45, 7) is 0. The molecule has 0 heterocycles. The molecule has 1 nitrogen and oxygen atoms in total. The number of halogens is 2. The van der Waals surface area contributed by atoms with E-state index in [-0.39, 0.29) is 17.4 Å². The second kappa shape index (κ2) is 6.25. The van der Waals surface area contributed by atoms with Crippen LogP contribution in [0, 0.1) is 11.6 Å². The minimum absolute atomic E-state index is 0.192. The summed E-state index contributed by atoms with van der Waals surface area (Å²) < 4.78 is 26.4. The first-order chi connectivity index (χ1) is 10.6. The van der Waals surface area contributed by atoms with Crippen molar-refractivity contribution in [1.82, 2.24) is 0 Å². The zero-order valence-corrected chi connectivity index (χ0v) is 12.5. The van der Waals surface area contributed by atoms with Gasteiger partial charge in [0.2, 0.25) is 0 Å². The SMILES string of the molecule is Oc1ccc(P(c2ccc(F)cc2)c2ccc(F)cc2)cc1. The highest BCUT2D eigenvalue weighted by molar-refractivity contribution is 7.79. The monoisotopic (exact) mass is 314 g/mol. The third-order valence-corrected chi connectivity index (χ3v) is 5.72. The van der Waals surface area contributed by atoms with Gasteiger partial charge in [-0.1, -0.05) is 36.4 Å². The van der Waals surface area contributed by atoms with Crippen molar-refractivity contribution in [3.05, 3.63) is 84.4 Å². The van der Waals surface area contributed by atoms with E-state index in [4.69, 9.17) is 0 Å². The lowest BCUT2D eigenvalue weighted by Gasteiger charge is -2.19. The Balaban J connectivity index is 2.10. The van der Waals surface area contributed by atoms with Crippen LogP contribution in [0.3, 0.4) is 0 Å². The molecule has 0 bridgehead atoms. The smallest absolute Gasteiger partial charge is 0.123 e. The summed E-state index contributed by atoms with van der Waals surface area (Å²) in [5.74, 6) is -0.385. The van der Waals surface area contributed by atoms with Crippen molar-refractivity contribution in [2.24, 2.45) is 0 Å². The number of hydrogen-bond acceptors (Lipinski definition) is 1. The van der Waals surface area contributed by atoms with Crippen molar-refractivity contribution in [2.45, 2.75) is 0 Å². The Morgan fingerprint density at radius 1 is 0.545 bits per heavy atom. The molecule has 0 aliphatic rings. The van der Waals surface area contributed by atoms with E-state index in [1.54, 1.807) is 36.4 Å². The van der Waals surface area contributed by atoms with Crippen molar-refractivity contribution in [2.75, 3.05) is 0 Å². The molecule has 0 radical (unpaired) electrons. The maximum Gasteiger partial charge on any atom is 0.123 e. The van der Waals surface area contributed by atoms with Crippen molar-refractivity contribution in [3.8, 4) is 5.75 Å². The molecule has 4 heteroatoms. The van der Waals surface area contributed by atoms with Crippen LogP contribution in [0.1, 0.15) is 0 Å². The van der Waals surface area contributed by atoms with Gasteiger partial charge in [-0.2, -0.15) is 0 Å². The van der Waals surface area contributed by atoms with Crippen molar-refractivity contribution in [1.29, 1.82) is 0 Å². The van der Waals surface area contributed by atoms with Crippen LogP contribution in [0.5, 0.6) is 5.75 Å². The number of rotatable bonds is 3. The van der Waals surface area contributed by atoms with Crippen LogP contribution in [0.2, 0.25) is 0 Å². The number of benzene rings is 3. The van der Waals surface area contributed by atoms with E-state index < -0.39 is 7.92 Å². The molecule has 3 aromatic rings. The van der Waals surface area contributed by atoms with Crippen LogP contribution >= 0.6 is 7.92 Å². The van der Waals surface area contributed by atoms with Crippen molar-refractivity contribution < 1.29 is 13.9 Å². The van der Waals surface area contributed by atoms with Gasteiger partial charge in [0.1, 0.15) is 17.4 Å². The molecule has 0 amide bonds. The Labute approximate surface area is 128 Å². The summed E-state index contributed by atoms with van der Waals surface area (Å²) in [5, 5.41) is 12.4. The highest BCUT2D eigenvalue weighted by atomic mass is 31.1. The average molecular weight is 314 g/mol. The summed E-state index contributed by atoms with van der Waals surface area (Å²) >= 11 is 0. The van der Waals surface area contributed by atoms with Gasteiger partial charge in [0.25, 0.3) is 0 Å². The summed E-state index contributed by atoms with van der Waals surface area (Å²) in [5.41, 5.74) is 0. The molecule has 0 saturated carbocycles. The Bertz CT molecular complexity index is 644. The molecule has 0 aliphatic heterocycles. The van der Waals surface area contributed by atoms with Gasteiger partial charge in [0, 0.05) is 0 Å². The average Bonchev–Trinajstić information content (AvgIpc) is 2.53. The van der Waals surface area contributed by atoms with Gasteiger partial charge in [-0.3, -0.25) is 0 Å². The van der Waals surface area contributed by atoms with Crippen LogP contribution in [-0.4, -0.2) is 5.11 Å². The Kier molecular flexibility index (Phi) is 4.17. The Morgan fingerprint density at radius 3 is 1.23 bits per heavy atom. The van der Waals surface area contributed by atoms with E-state index in [0.29, 0.717) is 0 Å². The Hall–Kier alpha value is -2.25. The van der Waals surface area contributed by atoms with Crippen LogP contribution in [0.25, 0.3) is 0 Å². The molecular weight excluding hydrogens is 301 g/mol. The lowest BCUT2D eigenvalue weighted by Crippen LogP contribution is -2.20. The maximum absolute atomic E-state index is 13.2. The molecule has 0 atom stereocenters. The van der Waals surface area contributed by atoms with Gasteiger partial charge in [0.05, 0.1) is 0 Å². The summed E-state index contributed by atoms with van der Waals surface area (Å²) in [6, 6.07) is 19.6. The fourth-order valence-electron chi connectivity index (χ4n) is 2.23. The molecule has 3 rings (SSSR count). The Morgan fingerprint density at radius 2 is 0.864 bits per heavy atom. The summed E-state index contributed by atoms with van der Waals surface area (Å²) in [4.78, 5) is 0. The number of phenolic OH excluding ortho intramolecular Hbond substituents is 1. The fourth-order valence-corrected chi connectivity index (χ4v) is 4.47. The molecule has 110 valence electrons. The van der Waals surface area contributed by atoms with Gasteiger partial charge in [0.15, 0.2) is 0 Å². The predicted octanol–water partition coefficient (Wildman–Crippen LogP) is 3.43. The fraction of sp³-hybridized carbons (Fsp3) is 0. The third-order valence-electron chi connectivity index (χ3n) is 3.28. The lowest BCUT2D eigenvalue weighted by molar-refractivity contribution is 0.475. The first-order valence-electron chi connectivity index (χ1n) is 6.74. The van der Waals surface area contributed by atoms with Gasteiger partial charge in [-0.05, 0) is 60.2 Å². The van der Waals surface area contributed by atoms with Gasteiger partial charge in [-0.25, -0.2) is 8.78 Å². The standard InChI is InChI=1S/C18H13F2OP/c19-13-1-7-16(8-2-13)22(17-9-3-14(20)4-10-17)18-11-5-15(21)6-12-18/h1-12,21H. The van der Waals surface area contributed by atoms with E-state index >= 15 is 0 Å². The van der Waals surface area contributed by atoms with Crippen LogP contribution < -0.4 is 15.9 Å². The zero-order chi connectivity index (χ0) is 15.5.